The van der Waals surface area contributed by atoms with Crippen LogP contribution in [0.2, 0.25) is 0 Å². The van der Waals surface area contributed by atoms with Gasteiger partial charge in [-0.05, 0) is 27.4 Å². The van der Waals surface area contributed by atoms with Crippen molar-refractivity contribution in [2.45, 2.75) is 0 Å². The Morgan fingerprint density at radius 2 is 2.00 bits per heavy atom. The van der Waals surface area contributed by atoms with Gasteiger partial charge in [-0.25, -0.2) is 0 Å². The van der Waals surface area contributed by atoms with Crippen molar-refractivity contribution in [1.29, 1.82) is 0 Å². The zero-order valence-electron chi connectivity index (χ0n) is 9.73. The van der Waals surface area contributed by atoms with Crippen LogP contribution in [0.4, 0.5) is 0 Å². The molecule has 0 saturated heterocycles. The Bertz CT molecular complexity index is 595. The fraction of sp³-hybridized carbons (Fsp3) is 0.0909. The Morgan fingerprint density at radius 1 is 1.26 bits per heavy atom. The van der Waals surface area contributed by atoms with E-state index in [0.717, 1.165) is 3.79 Å². The SMILES string of the molecule is COc1c(C(=O)NNC(=O)c2ccsc2)csc1Br. The van der Waals surface area contributed by atoms with Gasteiger partial charge in [0, 0.05) is 10.8 Å². The van der Waals surface area contributed by atoms with Crippen molar-refractivity contribution in [2.75, 3.05) is 7.11 Å². The van der Waals surface area contributed by atoms with Crippen LogP contribution < -0.4 is 15.6 Å². The number of methoxy groups -OCH3 is 1. The van der Waals surface area contributed by atoms with Gasteiger partial charge in [-0.2, -0.15) is 11.3 Å². The van der Waals surface area contributed by atoms with Crippen LogP contribution in [-0.2, 0) is 0 Å². The summed E-state index contributed by atoms with van der Waals surface area (Å²) in [5.74, 6) is -0.336. The number of halogens is 1. The molecule has 0 radical (unpaired) electrons. The molecule has 0 fully saturated rings. The minimum absolute atomic E-state index is 0.358. The predicted molar refractivity (Wildman–Crippen MR) is 77.8 cm³/mol. The highest BCUT2D eigenvalue weighted by Crippen LogP contribution is 2.35. The molecule has 5 nitrogen and oxygen atoms in total. The molecule has 2 N–H and O–H groups in total. The number of nitrogens with one attached hydrogen (secondary N) is 2. The van der Waals surface area contributed by atoms with Crippen LogP contribution in [0.1, 0.15) is 20.7 Å². The molecule has 2 aromatic rings. The maximum atomic E-state index is 11.9. The Morgan fingerprint density at radius 3 is 2.63 bits per heavy atom. The smallest absolute Gasteiger partial charge is 0.274 e. The van der Waals surface area contributed by atoms with Gasteiger partial charge in [0.2, 0.25) is 0 Å². The van der Waals surface area contributed by atoms with Gasteiger partial charge in [0.15, 0.2) is 5.75 Å². The van der Waals surface area contributed by atoms with E-state index in [1.165, 1.54) is 29.8 Å². The third-order valence-corrected chi connectivity index (χ3v) is 4.58. The standard InChI is InChI=1S/C11H9BrN2O3S2/c1-17-8-7(5-19-9(8)12)11(16)14-13-10(15)6-2-3-18-4-6/h2-5H,1H3,(H,13,15)(H,14,16). The van der Waals surface area contributed by atoms with E-state index in [2.05, 4.69) is 26.8 Å². The first-order chi connectivity index (χ1) is 9.13. The van der Waals surface area contributed by atoms with Crippen molar-refractivity contribution in [2.24, 2.45) is 0 Å². The van der Waals surface area contributed by atoms with Crippen LogP contribution >= 0.6 is 38.6 Å². The van der Waals surface area contributed by atoms with Crippen LogP contribution in [0.5, 0.6) is 5.75 Å². The molecule has 0 aliphatic rings. The highest BCUT2D eigenvalue weighted by atomic mass is 79.9. The van der Waals surface area contributed by atoms with Gasteiger partial charge in [0.25, 0.3) is 11.8 Å². The first-order valence-corrected chi connectivity index (χ1v) is 7.69. The monoisotopic (exact) mass is 360 g/mol. The third-order valence-electron chi connectivity index (χ3n) is 2.23. The molecule has 2 heterocycles. The van der Waals surface area contributed by atoms with Crippen LogP contribution in [-0.4, -0.2) is 18.9 Å². The van der Waals surface area contributed by atoms with Crippen molar-refractivity contribution in [3.63, 3.8) is 0 Å². The van der Waals surface area contributed by atoms with Crippen molar-refractivity contribution in [3.05, 3.63) is 37.1 Å². The summed E-state index contributed by atoms with van der Waals surface area (Å²) >= 11 is 6.03. The molecule has 2 aromatic heterocycles. The molecule has 0 spiro atoms. The van der Waals surface area contributed by atoms with Crippen molar-refractivity contribution in [3.8, 4) is 5.75 Å². The number of amides is 2. The summed E-state index contributed by atoms with van der Waals surface area (Å²) in [4.78, 5) is 23.5. The van der Waals surface area contributed by atoms with E-state index < -0.39 is 5.91 Å². The minimum atomic E-state index is -0.428. The van der Waals surface area contributed by atoms with Crippen molar-refractivity contribution in [1.82, 2.24) is 10.9 Å². The molecule has 0 bridgehead atoms. The lowest BCUT2D eigenvalue weighted by Crippen LogP contribution is -2.41. The Hall–Kier alpha value is -1.38. The molecule has 100 valence electrons. The number of hydrogen-bond acceptors (Lipinski definition) is 5. The average Bonchev–Trinajstić information content (AvgIpc) is 3.04. The van der Waals surface area contributed by atoms with Gasteiger partial charge in [-0.15, -0.1) is 11.3 Å². The van der Waals surface area contributed by atoms with E-state index in [0.29, 0.717) is 16.9 Å². The van der Waals surface area contributed by atoms with Crippen molar-refractivity contribution >= 4 is 50.4 Å². The second-order valence-electron chi connectivity index (χ2n) is 3.38. The number of carbonyl (C=O) groups is 2. The number of ether oxygens (including phenoxy) is 1. The Labute approximate surface area is 125 Å². The number of thiophene rings is 2. The van der Waals surface area contributed by atoms with Gasteiger partial charge >= 0.3 is 0 Å². The fourth-order valence-corrected chi connectivity index (χ4v) is 3.34. The molecule has 8 heteroatoms. The molecule has 0 aromatic carbocycles. The van der Waals surface area contributed by atoms with Crippen molar-refractivity contribution < 1.29 is 14.3 Å². The molecule has 2 amide bonds. The van der Waals surface area contributed by atoms with E-state index in [1.807, 2.05) is 0 Å². The first kappa shape index (κ1) is 14.0. The summed E-state index contributed by atoms with van der Waals surface area (Å²) in [6, 6.07) is 1.67. The Kier molecular flexibility index (Phi) is 4.56. The molecule has 0 unspecified atom stereocenters. The minimum Gasteiger partial charge on any atom is -0.494 e. The van der Waals surface area contributed by atoms with Gasteiger partial charge in [0.05, 0.1) is 18.2 Å². The van der Waals surface area contributed by atoms with E-state index in [9.17, 15) is 9.59 Å². The molecular weight excluding hydrogens is 352 g/mol. The molecular formula is C11H9BrN2O3S2. The largest absolute Gasteiger partial charge is 0.494 e. The highest BCUT2D eigenvalue weighted by molar-refractivity contribution is 9.11. The van der Waals surface area contributed by atoms with Gasteiger partial charge < -0.3 is 4.74 Å². The summed E-state index contributed by atoms with van der Waals surface area (Å²) < 4.78 is 5.83. The van der Waals surface area contributed by atoms with E-state index in [1.54, 1.807) is 22.2 Å². The maximum Gasteiger partial charge on any atom is 0.274 e. The number of rotatable bonds is 3. The second kappa shape index (κ2) is 6.18. The van der Waals surface area contributed by atoms with Gasteiger partial charge in [-0.3, -0.25) is 20.4 Å². The average molecular weight is 361 g/mol. The molecule has 0 saturated carbocycles. The van der Waals surface area contributed by atoms with E-state index in [4.69, 9.17) is 4.74 Å². The zero-order chi connectivity index (χ0) is 13.8. The van der Waals surface area contributed by atoms with Gasteiger partial charge in [0.1, 0.15) is 3.79 Å². The van der Waals surface area contributed by atoms with E-state index >= 15 is 0 Å². The fourth-order valence-electron chi connectivity index (χ4n) is 1.32. The quantitative estimate of drug-likeness (QED) is 0.826. The summed E-state index contributed by atoms with van der Waals surface area (Å²) in [6.45, 7) is 0. The van der Waals surface area contributed by atoms with Crippen LogP contribution in [0.25, 0.3) is 0 Å². The number of hydrazine groups is 1. The Balaban J connectivity index is 2.00. The molecule has 2 rings (SSSR count). The zero-order valence-corrected chi connectivity index (χ0v) is 12.9. The molecule has 0 aliphatic carbocycles. The van der Waals surface area contributed by atoms with Gasteiger partial charge in [-0.1, -0.05) is 0 Å². The third kappa shape index (κ3) is 3.14. The predicted octanol–water partition coefficient (Wildman–Crippen LogP) is 2.66. The van der Waals surface area contributed by atoms with E-state index in [-0.39, 0.29) is 5.91 Å². The molecule has 0 atom stereocenters. The summed E-state index contributed by atoms with van der Waals surface area (Å²) in [7, 11) is 1.48. The lowest BCUT2D eigenvalue weighted by Gasteiger charge is -2.07. The summed E-state index contributed by atoms with van der Waals surface area (Å²) in [5, 5.41) is 5.13. The lowest BCUT2D eigenvalue weighted by molar-refractivity contribution is 0.0845. The summed E-state index contributed by atoms with van der Waals surface area (Å²) in [6.07, 6.45) is 0. The lowest BCUT2D eigenvalue weighted by atomic mass is 10.3. The van der Waals surface area contributed by atoms with Crippen LogP contribution in [0, 0.1) is 0 Å². The first-order valence-electron chi connectivity index (χ1n) is 5.07. The summed E-state index contributed by atoms with van der Waals surface area (Å²) in [5.41, 5.74) is 5.56. The molecule has 0 aliphatic heterocycles. The van der Waals surface area contributed by atoms with Crippen LogP contribution in [0.15, 0.2) is 26.0 Å². The maximum absolute atomic E-state index is 11.9. The van der Waals surface area contributed by atoms with Crippen LogP contribution in [0.3, 0.4) is 0 Å². The number of hydrogen-bond donors (Lipinski definition) is 2. The normalized spacial score (nSPS) is 10.0. The molecule has 19 heavy (non-hydrogen) atoms. The highest BCUT2D eigenvalue weighted by Gasteiger charge is 2.18. The second-order valence-corrected chi connectivity index (χ2v) is 6.35. The topological polar surface area (TPSA) is 67.4 Å². The number of carbonyl (C=O) groups excluding carboxylic acids is 2.